The molecule has 0 amide bonds. The largest absolute Gasteiger partial charge is 0.484 e. The van der Waals surface area contributed by atoms with Gasteiger partial charge in [-0.15, -0.1) is 21.5 Å². The van der Waals surface area contributed by atoms with E-state index >= 15 is 0 Å². The number of hydrogen-bond acceptors (Lipinski definition) is 8. The van der Waals surface area contributed by atoms with Crippen LogP contribution in [0.5, 0.6) is 5.75 Å². The highest BCUT2D eigenvalue weighted by molar-refractivity contribution is 7.98. The summed E-state index contributed by atoms with van der Waals surface area (Å²) in [5.74, 6) is 1.89. The molecule has 1 N–H and O–H groups in total. The van der Waals surface area contributed by atoms with E-state index in [9.17, 15) is 0 Å². The second kappa shape index (κ2) is 9.11. The summed E-state index contributed by atoms with van der Waals surface area (Å²) in [6, 6.07) is 16.0. The van der Waals surface area contributed by atoms with Gasteiger partial charge >= 0.3 is 0 Å². The summed E-state index contributed by atoms with van der Waals surface area (Å²) in [5.41, 5.74) is 4.40. The fraction of sp³-hybridized carbons (Fsp3) is 0.190. The number of aromatic nitrogens is 3. The highest BCUT2D eigenvalue weighted by Gasteiger charge is 2.10. The van der Waals surface area contributed by atoms with Crippen molar-refractivity contribution in [3.63, 3.8) is 0 Å². The van der Waals surface area contributed by atoms with Gasteiger partial charge in [0, 0.05) is 16.8 Å². The Hall–Kier alpha value is -2.84. The Bertz CT molecular complexity index is 1080. The Morgan fingerprint density at radius 1 is 1.07 bits per heavy atom. The molecule has 148 valence electrons. The zero-order valence-electron chi connectivity index (χ0n) is 16.1. The van der Waals surface area contributed by atoms with Gasteiger partial charge in [0.1, 0.15) is 5.75 Å². The van der Waals surface area contributed by atoms with E-state index in [2.05, 4.69) is 33.5 Å². The molecular weight excluding hydrogens is 404 g/mol. The average molecular weight is 425 g/mol. The normalized spacial score (nSPS) is 10.8. The molecule has 2 aromatic heterocycles. The van der Waals surface area contributed by atoms with Gasteiger partial charge in [0.05, 0.1) is 5.69 Å². The standard InChI is InChI=1S/C21H20N4O2S2/c1-14-7-9-17(10-8-14)26-11-19-24-25-21(27-19)29-13-16-12-28-20(22-16)23-18-6-4-3-5-15(18)2/h3-10,12H,11,13H2,1-2H3,(H,22,23). The van der Waals surface area contributed by atoms with Crippen LogP contribution in [-0.4, -0.2) is 15.2 Å². The number of nitrogens with zero attached hydrogens (tertiary/aromatic N) is 3. The minimum Gasteiger partial charge on any atom is -0.484 e. The number of thiazole rings is 1. The maximum Gasteiger partial charge on any atom is 0.277 e. The van der Waals surface area contributed by atoms with Crippen molar-refractivity contribution in [1.29, 1.82) is 0 Å². The zero-order chi connectivity index (χ0) is 20.1. The Labute approximate surface area is 177 Å². The molecule has 0 spiro atoms. The molecule has 4 aromatic rings. The number of ether oxygens (including phenoxy) is 1. The highest BCUT2D eigenvalue weighted by atomic mass is 32.2. The molecule has 0 radical (unpaired) electrons. The molecule has 2 heterocycles. The number of anilines is 2. The quantitative estimate of drug-likeness (QED) is 0.361. The molecule has 0 unspecified atom stereocenters. The number of nitrogens with one attached hydrogen (secondary N) is 1. The lowest BCUT2D eigenvalue weighted by Crippen LogP contribution is -1.95. The monoisotopic (exact) mass is 424 g/mol. The van der Waals surface area contributed by atoms with E-state index in [0.717, 1.165) is 22.3 Å². The first-order chi connectivity index (χ1) is 14.2. The fourth-order valence-electron chi connectivity index (χ4n) is 2.53. The fourth-order valence-corrected chi connectivity index (χ4v) is 4.03. The van der Waals surface area contributed by atoms with E-state index in [4.69, 9.17) is 9.15 Å². The second-order valence-corrected chi connectivity index (χ2v) is 8.22. The maximum absolute atomic E-state index is 5.67. The first-order valence-corrected chi connectivity index (χ1v) is 10.9. The Morgan fingerprint density at radius 2 is 1.90 bits per heavy atom. The number of rotatable bonds is 8. The van der Waals surface area contributed by atoms with Crippen LogP contribution < -0.4 is 10.1 Å². The molecule has 0 bridgehead atoms. The first kappa shape index (κ1) is 19.5. The van der Waals surface area contributed by atoms with Crippen molar-refractivity contribution < 1.29 is 9.15 Å². The number of thioether (sulfide) groups is 1. The van der Waals surface area contributed by atoms with Gasteiger partial charge in [-0.2, -0.15) is 0 Å². The maximum atomic E-state index is 5.67. The summed E-state index contributed by atoms with van der Waals surface area (Å²) in [6.07, 6.45) is 0. The van der Waals surface area contributed by atoms with Gasteiger partial charge in [-0.25, -0.2) is 4.98 Å². The third kappa shape index (κ3) is 5.36. The molecule has 0 saturated heterocycles. The Morgan fingerprint density at radius 3 is 2.72 bits per heavy atom. The molecular formula is C21H20N4O2S2. The van der Waals surface area contributed by atoms with Gasteiger partial charge in [-0.3, -0.25) is 0 Å². The number of aryl methyl sites for hydroxylation is 2. The lowest BCUT2D eigenvalue weighted by atomic mass is 10.2. The van der Waals surface area contributed by atoms with E-state index < -0.39 is 0 Å². The topological polar surface area (TPSA) is 73.1 Å². The van der Waals surface area contributed by atoms with Crippen LogP contribution in [-0.2, 0) is 12.4 Å². The van der Waals surface area contributed by atoms with Gasteiger partial charge in [-0.05, 0) is 37.6 Å². The van der Waals surface area contributed by atoms with E-state index in [-0.39, 0.29) is 6.61 Å². The summed E-state index contributed by atoms with van der Waals surface area (Å²) in [5, 5.41) is 14.9. The van der Waals surface area contributed by atoms with Crippen LogP contribution in [0.25, 0.3) is 0 Å². The van der Waals surface area contributed by atoms with Gasteiger partial charge in [0.15, 0.2) is 11.7 Å². The van der Waals surface area contributed by atoms with E-state index in [1.165, 1.54) is 22.9 Å². The number of hydrogen-bond donors (Lipinski definition) is 1. The summed E-state index contributed by atoms with van der Waals surface area (Å²) in [4.78, 5) is 4.62. The first-order valence-electron chi connectivity index (χ1n) is 9.07. The SMILES string of the molecule is Cc1ccc(OCc2nnc(SCc3csc(Nc4ccccc4C)n3)o2)cc1. The summed E-state index contributed by atoms with van der Waals surface area (Å²) >= 11 is 3.04. The smallest absolute Gasteiger partial charge is 0.277 e. The predicted molar refractivity (Wildman–Crippen MR) is 116 cm³/mol. The van der Waals surface area contributed by atoms with E-state index in [1.54, 1.807) is 11.3 Å². The van der Waals surface area contributed by atoms with Crippen molar-refractivity contribution in [2.24, 2.45) is 0 Å². The molecule has 0 saturated carbocycles. The second-order valence-electron chi connectivity index (χ2n) is 6.44. The molecule has 0 aliphatic carbocycles. The number of benzene rings is 2. The van der Waals surface area contributed by atoms with Crippen molar-refractivity contribution in [3.8, 4) is 5.75 Å². The van der Waals surface area contributed by atoms with Crippen LogP contribution >= 0.6 is 23.1 Å². The van der Waals surface area contributed by atoms with Crippen molar-refractivity contribution in [3.05, 3.63) is 76.6 Å². The van der Waals surface area contributed by atoms with Crippen LogP contribution in [0.2, 0.25) is 0 Å². The highest BCUT2D eigenvalue weighted by Crippen LogP contribution is 2.27. The molecule has 8 heteroatoms. The summed E-state index contributed by atoms with van der Waals surface area (Å²) in [6.45, 7) is 4.36. The Kier molecular flexibility index (Phi) is 6.12. The van der Waals surface area contributed by atoms with Crippen LogP contribution in [0.4, 0.5) is 10.8 Å². The predicted octanol–water partition coefficient (Wildman–Crippen LogP) is 5.76. The van der Waals surface area contributed by atoms with Gasteiger partial charge < -0.3 is 14.5 Å². The number of para-hydroxylation sites is 1. The van der Waals surface area contributed by atoms with E-state index in [1.807, 2.05) is 54.8 Å². The lowest BCUT2D eigenvalue weighted by Gasteiger charge is -2.05. The third-order valence-electron chi connectivity index (χ3n) is 4.11. The van der Waals surface area contributed by atoms with Gasteiger partial charge in [-0.1, -0.05) is 47.7 Å². The van der Waals surface area contributed by atoms with E-state index in [0.29, 0.717) is 16.9 Å². The van der Waals surface area contributed by atoms with Crippen LogP contribution in [0.1, 0.15) is 22.7 Å². The van der Waals surface area contributed by atoms with Crippen LogP contribution in [0, 0.1) is 13.8 Å². The van der Waals surface area contributed by atoms with Crippen LogP contribution in [0.3, 0.4) is 0 Å². The molecule has 0 atom stereocenters. The molecule has 0 aliphatic rings. The minimum atomic E-state index is 0.248. The molecule has 0 fully saturated rings. The van der Waals surface area contributed by atoms with Gasteiger partial charge in [0.2, 0.25) is 0 Å². The minimum absolute atomic E-state index is 0.248. The molecule has 2 aromatic carbocycles. The third-order valence-corrected chi connectivity index (χ3v) is 5.77. The average Bonchev–Trinajstić information content (AvgIpc) is 3.37. The zero-order valence-corrected chi connectivity index (χ0v) is 17.7. The van der Waals surface area contributed by atoms with Crippen molar-refractivity contribution in [2.75, 3.05) is 5.32 Å². The van der Waals surface area contributed by atoms with Crippen LogP contribution in [0.15, 0.2) is 63.6 Å². The van der Waals surface area contributed by atoms with Gasteiger partial charge in [0.25, 0.3) is 11.1 Å². The van der Waals surface area contributed by atoms with Crippen molar-refractivity contribution >= 4 is 33.9 Å². The Balaban J connectivity index is 1.28. The lowest BCUT2D eigenvalue weighted by molar-refractivity contribution is 0.252. The molecule has 29 heavy (non-hydrogen) atoms. The van der Waals surface area contributed by atoms with Crippen molar-refractivity contribution in [1.82, 2.24) is 15.2 Å². The van der Waals surface area contributed by atoms with Crippen molar-refractivity contribution in [2.45, 2.75) is 31.4 Å². The molecule has 6 nitrogen and oxygen atoms in total. The summed E-state index contributed by atoms with van der Waals surface area (Å²) in [7, 11) is 0. The molecule has 0 aliphatic heterocycles. The molecule has 4 rings (SSSR count). The summed E-state index contributed by atoms with van der Waals surface area (Å²) < 4.78 is 11.3.